The van der Waals surface area contributed by atoms with E-state index in [1.165, 1.54) is 63.5 Å². The minimum atomic E-state index is -0.0240. The van der Waals surface area contributed by atoms with E-state index in [1.807, 2.05) is 0 Å². The quantitative estimate of drug-likeness (QED) is 0.228. The average Bonchev–Trinajstić information content (AvgIpc) is 2.54. The van der Waals surface area contributed by atoms with Crippen molar-refractivity contribution in [1.82, 2.24) is 0 Å². The summed E-state index contributed by atoms with van der Waals surface area (Å²) in [6, 6.07) is 11.3. The third-order valence-electron chi connectivity index (χ3n) is 4.13. The zero-order valence-electron chi connectivity index (χ0n) is 16.4. The van der Waals surface area contributed by atoms with Crippen molar-refractivity contribution < 1.29 is 0 Å². The van der Waals surface area contributed by atoms with E-state index in [1.54, 1.807) is 3.61 Å². The molecule has 0 aliphatic rings. The maximum atomic E-state index is 2.36. The second kappa shape index (κ2) is 13.5. The van der Waals surface area contributed by atoms with Gasteiger partial charge >= 0.3 is 167 Å². The van der Waals surface area contributed by atoms with E-state index in [9.17, 15) is 0 Å². The van der Waals surface area contributed by atoms with Gasteiger partial charge < -0.3 is 0 Å². The van der Waals surface area contributed by atoms with E-state index in [4.69, 9.17) is 0 Å². The van der Waals surface area contributed by atoms with Crippen LogP contribution in [0.5, 0.6) is 0 Å². The Kier molecular flexibility index (Phi) is 12.6. The average molecular weight is 462 g/mol. The van der Waals surface area contributed by atoms with Gasteiger partial charge in [-0.05, 0) is 0 Å². The summed E-state index contributed by atoms with van der Waals surface area (Å²) in [6.45, 7) is 9.31. The van der Waals surface area contributed by atoms with Crippen molar-refractivity contribution in [3.05, 3.63) is 30.3 Å². The van der Waals surface area contributed by atoms with Crippen LogP contribution < -0.4 is 3.61 Å². The number of benzene rings is 1. The van der Waals surface area contributed by atoms with Crippen LogP contribution in [0.1, 0.15) is 85.5 Å². The van der Waals surface area contributed by atoms with E-state index in [2.05, 4.69) is 69.8 Å². The summed E-state index contributed by atoms with van der Waals surface area (Å²) in [5.41, 5.74) is 0. The van der Waals surface area contributed by atoms with Crippen molar-refractivity contribution >= 4 is 36.3 Å². The summed E-state index contributed by atoms with van der Waals surface area (Å²) in [7, 11) is 0. The van der Waals surface area contributed by atoms with Gasteiger partial charge in [0.05, 0.1) is 0 Å². The molecule has 1 aromatic carbocycles. The van der Waals surface area contributed by atoms with Crippen molar-refractivity contribution in [2.75, 3.05) is 5.75 Å². The zero-order chi connectivity index (χ0) is 17.7. The Morgan fingerprint density at radius 3 is 2.17 bits per heavy atom. The third kappa shape index (κ3) is 12.7. The number of hydrogen-bond donors (Lipinski definition) is 0. The predicted octanol–water partition coefficient (Wildman–Crippen LogP) is 6.87. The third-order valence-corrected chi connectivity index (χ3v) is 9.34. The SMILES string of the molecule is CCCCCCCCC(CCCSC(C)(C)C)[Te]c1ccccc1. The van der Waals surface area contributed by atoms with Crippen molar-refractivity contribution in [2.24, 2.45) is 0 Å². The number of rotatable bonds is 13. The van der Waals surface area contributed by atoms with E-state index < -0.39 is 0 Å². The molecule has 1 rings (SSSR count). The standard InChI is InChI=1S/C22H38STe/c1-5-6-7-8-9-11-15-21(18-14-19-23-22(2,3)4)24-20-16-12-10-13-17-20/h10,12-13,16-17,21H,5-9,11,14-15,18-19H2,1-4H3. The van der Waals surface area contributed by atoms with E-state index in [-0.39, 0.29) is 20.9 Å². The maximum absolute atomic E-state index is 2.36. The van der Waals surface area contributed by atoms with Crippen LogP contribution in [0.15, 0.2) is 30.3 Å². The second-order valence-electron chi connectivity index (χ2n) is 7.71. The van der Waals surface area contributed by atoms with Crippen LogP contribution in [-0.2, 0) is 0 Å². The first-order valence-electron chi connectivity index (χ1n) is 9.87. The molecular weight excluding hydrogens is 424 g/mol. The van der Waals surface area contributed by atoms with E-state index in [0.717, 1.165) is 3.97 Å². The van der Waals surface area contributed by atoms with Crippen molar-refractivity contribution in [3.8, 4) is 0 Å². The Hall–Kier alpha value is 0.360. The van der Waals surface area contributed by atoms with Crippen LogP contribution in [0, 0.1) is 0 Å². The molecule has 0 saturated heterocycles. The molecule has 0 bridgehead atoms. The van der Waals surface area contributed by atoms with Gasteiger partial charge in [0, 0.05) is 0 Å². The Morgan fingerprint density at radius 2 is 1.50 bits per heavy atom. The monoisotopic (exact) mass is 464 g/mol. The fraction of sp³-hybridized carbons (Fsp3) is 0.727. The summed E-state index contributed by atoms with van der Waals surface area (Å²) in [4.78, 5) is 0. The molecular formula is C22H38STe. The van der Waals surface area contributed by atoms with Gasteiger partial charge in [0.1, 0.15) is 0 Å². The van der Waals surface area contributed by atoms with Crippen LogP contribution in [-0.4, -0.2) is 31.4 Å². The molecule has 0 radical (unpaired) electrons. The van der Waals surface area contributed by atoms with Crippen LogP contribution in [0.25, 0.3) is 0 Å². The summed E-state index contributed by atoms with van der Waals surface area (Å²) in [6.07, 6.45) is 12.9. The summed E-state index contributed by atoms with van der Waals surface area (Å²) in [5.74, 6) is 1.33. The predicted molar refractivity (Wildman–Crippen MR) is 115 cm³/mol. The van der Waals surface area contributed by atoms with Crippen molar-refractivity contribution in [2.45, 2.75) is 94.2 Å². The molecule has 0 aliphatic heterocycles. The summed E-state index contributed by atoms with van der Waals surface area (Å²) < 4.78 is 3.08. The first-order chi connectivity index (χ1) is 11.5. The fourth-order valence-corrected chi connectivity index (χ4v) is 7.34. The summed E-state index contributed by atoms with van der Waals surface area (Å²) in [5, 5.41) is 0. The molecule has 0 N–H and O–H groups in total. The fourth-order valence-electron chi connectivity index (χ4n) is 2.80. The molecule has 0 saturated carbocycles. The number of unbranched alkanes of at least 4 members (excludes halogenated alkanes) is 5. The Morgan fingerprint density at radius 1 is 0.875 bits per heavy atom. The van der Waals surface area contributed by atoms with Crippen LogP contribution in [0.3, 0.4) is 0 Å². The number of thioether (sulfide) groups is 1. The van der Waals surface area contributed by atoms with Crippen molar-refractivity contribution in [3.63, 3.8) is 0 Å². The van der Waals surface area contributed by atoms with E-state index >= 15 is 0 Å². The van der Waals surface area contributed by atoms with Gasteiger partial charge in [-0.3, -0.25) is 0 Å². The minimum absolute atomic E-state index is 0.0240. The molecule has 1 atom stereocenters. The van der Waals surface area contributed by atoms with Crippen LogP contribution in [0.2, 0.25) is 3.97 Å². The molecule has 138 valence electrons. The zero-order valence-corrected chi connectivity index (χ0v) is 19.5. The molecule has 0 nitrogen and oxygen atoms in total. The van der Waals surface area contributed by atoms with Crippen LogP contribution in [0.4, 0.5) is 0 Å². The molecule has 0 fully saturated rings. The van der Waals surface area contributed by atoms with Crippen LogP contribution >= 0.6 is 11.8 Å². The molecule has 1 unspecified atom stereocenters. The van der Waals surface area contributed by atoms with Gasteiger partial charge in [-0.25, -0.2) is 0 Å². The molecule has 0 heterocycles. The van der Waals surface area contributed by atoms with E-state index in [0.29, 0.717) is 4.75 Å². The molecule has 24 heavy (non-hydrogen) atoms. The normalized spacial score (nSPS) is 13.2. The van der Waals surface area contributed by atoms with Crippen molar-refractivity contribution in [1.29, 1.82) is 0 Å². The number of hydrogen-bond acceptors (Lipinski definition) is 1. The van der Waals surface area contributed by atoms with Gasteiger partial charge in [0.25, 0.3) is 0 Å². The first-order valence-corrected chi connectivity index (χ1v) is 13.4. The molecule has 1 aromatic rings. The van der Waals surface area contributed by atoms with Gasteiger partial charge in [-0.15, -0.1) is 0 Å². The molecule has 0 amide bonds. The Labute approximate surface area is 166 Å². The Balaban J connectivity index is 2.32. The first kappa shape index (κ1) is 22.4. The van der Waals surface area contributed by atoms with Gasteiger partial charge in [-0.1, -0.05) is 0 Å². The van der Waals surface area contributed by atoms with Gasteiger partial charge in [0.15, 0.2) is 0 Å². The molecule has 0 aromatic heterocycles. The van der Waals surface area contributed by atoms with Gasteiger partial charge in [0.2, 0.25) is 0 Å². The summed E-state index contributed by atoms with van der Waals surface area (Å²) >= 11 is 2.11. The van der Waals surface area contributed by atoms with Gasteiger partial charge in [-0.2, -0.15) is 0 Å². The molecule has 0 aliphatic carbocycles. The Bertz CT molecular complexity index is 396. The second-order valence-corrected chi connectivity index (χ2v) is 13.6. The molecule has 2 heteroatoms. The topological polar surface area (TPSA) is 0 Å². The molecule has 0 spiro atoms.